The molecule has 1 saturated heterocycles. The van der Waals surface area contributed by atoms with Crippen molar-refractivity contribution in [1.82, 2.24) is 4.90 Å². The van der Waals surface area contributed by atoms with Gasteiger partial charge in [-0.25, -0.2) is 4.79 Å². The molecule has 1 rings (SSSR count). The number of esters is 1. The van der Waals surface area contributed by atoms with Crippen molar-refractivity contribution in [3.05, 3.63) is 0 Å². The molecule has 11 heavy (non-hydrogen) atoms. The normalized spacial score (nSPS) is 19.1. The maximum absolute atomic E-state index is 10.9. The first kappa shape index (κ1) is 8.04. The second-order valence-corrected chi connectivity index (χ2v) is 2.54. The van der Waals surface area contributed by atoms with E-state index in [0.29, 0.717) is 13.0 Å². The second kappa shape index (κ2) is 2.90. The molecular weight excluding hydrogens is 146 g/mol. The SMILES string of the molecule is COC(=O)[C@@H](C)N1CCC1=O. The fourth-order valence-electron chi connectivity index (χ4n) is 1.04. The lowest BCUT2D eigenvalue weighted by molar-refractivity contribution is -0.157. The second-order valence-electron chi connectivity index (χ2n) is 2.54. The predicted molar refractivity (Wildman–Crippen MR) is 37.8 cm³/mol. The van der Waals surface area contributed by atoms with E-state index < -0.39 is 6.04 Å². The molecule has 0 saturated carbocycles. The molecule has 0 aromatic rings. The summed E-state index contributed by atoms with van der Waals surface area (Å²) >= 11 is 0. The van der Waals surface area contributed by atoms with Crippen LogP contribution in [0.2, 0.25) is 0 Å². The quantitative estimate of drug-likeness (QED) is 0.411. The summed E-state index contributed by atoms with van der Waals surface area (Å²) in [6, 6.07) is -0.416. The van der Waals surface area contributed by atoms with E-state index in [-0.39, 0.29) is 11.9 Å². The van der Waals surface area contributed by atoms with E-state index in [1.165, 1.54) is 12.0 Å². The highest BCUT2D eigenvalue weighted by molar-refractivity contribution is 5.87. The Labute approximate surface area is 65.1 Å². The van der Waals surface area contributed by atoms with Gasteiger partial charge in [-0.2, -0.15) is 0 Å². The fraction of sp³-hybridized carbons (Fsp3) is 0.714. The summed E-state index contributed by atoms with van der Waals surface area (Å²) in [6.07, 6.45) is 0.557. The monoisotopic (exact) mass is 157 g/mol. The van der Waals surface area contributed by atoms with Gasteiger partial charge in [0.2, 0.25) is 5.91 Å². The Kier molecular flexibility index (Phi) is 2.12. The van der Waals surface area contributed by atoms with E-state index in [9.17, 15) is 9.59 Å². The van der Waals surface area contributed by atoms with Crippen LogP contribution in [0.15, 0.2) is 0 Å². The molecule has 1 fully saturated rings. The third-order valence-corrected chi connectivity index (χ3v) is 1.90. The number of methoxy groups -OCH3 is 1. The molecule has 1 aliphatic heterocycles. The highest BCUT2D eigenvalue weighted by Gasteiger charge is 2.32. The largest absolute Gasteiger partial charge is 0.467 e. The Morgan fingerprint density at radius 2 is 2.36 bits per heavy atom. The highest BCUT2D eigenvalue weighted by Crippen LogP contribution is 2.13. The predicted octanol–water partition coefficient (Wildman–Crippen LogP) is -0.220. The van der Waals surface area contributed by atoms with E-state index in [1.807, 2.05) is 0 Å². The molecule has 4 heteroatoms. The minimum atomic E-state index is -0.416. The van der Waals surface area contributed by atoms with Crippen LogP contribution in [0.25, 0.3) is 0 Å². The minimum absolute atomic E-state index is 0.0305. The van der Waals surface area contributed by atoms with E-state index >= 15 is 0 Å². The molecule has 0 unspecified atom stereocenters. The van der Waals surface area contributed by atoms with Gasteiger partial charge in [-0.15, -0.1) is 0 Å². The third kappa shape index (κ3) is 1.34. The molecule has 0 aromatic carbocycles. The van der Waals surface area contributed by atoms with Crippen LogP contribution in [0.5, 0.6) is 0 Å². The maximum Gasteiger partial charge on any atom is 0.328 e. The number of carbonyl (C=O) groups is 2. The number of hydrogen-bond acceptors (Lipinski definition) is 3. The molecule has 4 nitrogen and oxygen atoms in total. The summed E-state index contributed by atoms with van der Waals surface area (Å²) in [5.74, 6) is -0.319. The number of ether oxygens (including phenoxy) is 1. The Morgan fingerprint density at radius 1 is 1.73 bits per heavy atom. The van der Waals surface area contributed by atoms with Crippen molar-refractivity contribution in [3.63, 3.8) is 0 Å². The topological polar surface area (TPSA) is 46.6 Å². The van der Waals surface area contributed by atoms with Crippen molar-refractivity contribution in [2.24, 2.45) is 0 Å². The first-order valence-electron chi connectivity index (χ1n) is 3.54. The number of β-lactam (4-membered cyclic amide) rings is 1. The van der Waals surface area contributed by atoms with Crippen LogP contribution >= 0.6 is 0 Å². The van der Waals surface area contributed by atoms with Crippen LogP contribution in [0.4, 0.5) is 0 Å². The molecule has 0 aromatic heterocycles. The molecule has 0 radical (unpaired) electrons. The molecule has 0 spiro atoms. The molecular formula is C7H11NO3. The van der Waals surface area contributed by atoms with Gasteiger partial charge in [0.25, 0.3) is 0 Å². The van der Waals surface area contributed by atoms with Gasteiger partial charge in [-0.05, 0) is 6.92 Å². The van der Waals surface area contributed by atoms with Gasteiger partial charge < -0.3 is 9.64 Å². The average Bonchev–Trinajstić information content (AvgIpc) is 2.00. The number of likely N-dealkylation sites (tertiary alicyclic amines) is 1. The summed E-state index contributed by atoms with van der Waals surface area (Å²) in [4.78, 5) is 23.2. The lowest BCUT2D eigenvalue weighted by Gasteiger charge is -2.34. The van der Waals surface area contributed by atoms with Crippen molar-refractivity contribution in [1.29, 1.82) is 0 Å². The smallest absolute Gasteiger partial charge is 0.328 e. The van der Waals surface area contributed by atoms with Gasteiger partial charge in [-0.3, -0.25) is 4.79 Å². The van der Waals surface area contributed by atoms with Crippen molar-refractivity contribution in [2.45, 2.75) is 19.4 Å². The minimum Gasteiger partial charge on any atom is -0.467 e. The van der Waals surface area contributed by atoms with Crippen LogP contribution in [0, 0.1) is 0 Å². The van der Waals surface area contributed by atoms with Crippen molar-refractivity contribution in [3.8, 4) is 0 Å². The molecule has 0 aliphatic carbocycles. The van der Waals surface area contributed by atoms with Gasteiger partial charge >= 0.3 is 5.97 Å². The van der Waals surface area contributed by atoms with Crippen LogP contribution in [-0.2, 0) is 14.3 Å². The molecule has 1 aliphatic rings. The van der Waals surface area contributed by atoms with Gasteiger partial charge in [0.05, 0.1) is 7.11 Å². The first-order valence-corrected chi connectivity index (χ1v) is 3.54. The number of nitrogens with zero attached hydrogens (tertiary/aromatic N) is 1. The Balaban J connectivity index is 2.47. The zero-order valence-electron chi connectivity index (χ0n) is 6.66. The maximum atomic E-state index is 10.9. The van der Waals surface area contributed by atoms with Crippen LogP contribution in [-0.4, -0.2) is 36.5 Å². The summed E-state index contributed by atoms with van der Waals surface area (Å²) in [5.41, 5.74) is 0. The van der Waals surface area contributed by atoms with Crippen molar-refractivity contribution in [2.75, 3.05) is 13.7 Å². The number of amides is 1. The molecule has 1 atom stereocenters. The number of carbonyl (C=O) groups excluding carboxylic acids is 2. The van der Waals surface area contributed by atoms with Crippen LogP contribution in [0.3, 0.4) is 0 Å². The molecule has 62 valence electrons. The molecule has 0 bridgehead atoms. The lowest BCUT2D eigenvalue weighted by atomic mass is 10.1. The van der Waals surface area contributed by atoms with Crippen molar-refractivity contribution < 1.29 is 14.3 Å². The van der Waals surface area contributed by atoms with Gasteiger partial charge in [0.1, 0.15) is 6.04 Å². The Bertz CT molecular complexity index is 190. The van der Waals surface area contributed by atoms with E-state index in [2.05, 4.69) is 4.74 Å². The Hall–Kier alpha value is -1.06. The standard InChI is InChI=1S/C7H11NO3/c1-5(7(10)11-2)8-4-3-6(8)9/h5H,3-4H2,1-2H3/t5-/m1/s1. The summed E-state index contributed by atoms with van der Waals surface area (Å²) in [5, 5.41) is 0. The number of rotatable bonds is 2. The number of hydrogen-bond donors (Lipinski definition) is 0. The fourth-order valence-corrected chi connectivity index (χ4v) is 1.04. The van der Waals surface area contributed by atoms with Crippen LogP contribution < -0.4 is 0 Å². The van der Waals surface area contributed by atoms with Gasteiger partial charge in [0.15, 0.2) is 0 Å². The zero-order chi connectivity index (χ0) is 8.43. The molecule has 0 N–H and O–H groups in total. The molecule has 1 heterocycles. The van der Waals surface area contributed by atoms with Gasteiger partial charge in [0, 0.05) is 13.0 Å². The van der Waals surface area contributed by atoms with Crippen LogP contribution in [0.1, 0.15) is 13.3 Å². The Morgan fingerprint density at radius 3 is 2.64 bits per heavy atom. The first-order chi connectivity index (χ1) is 5.16. The van der Waals surface area contributed by atoms with Gasteiger partial charge in [-0.1, -0.05) is 0 Å². The highest BCUT2D eigenvalue weighted by atomic mass is 16.5. The average molecular weight is 157 g/mol. The lowest BCUT2D eigenvalue weighted by Crippen LogP contribution is -2.52. The zero-order valence-corrected chi connectivity index (χ0v) is 6.66. The van der Waals surface area contributed by atoms with E-state index in [4.69, 9.17) is 0 Å². The van der Waals surface area contributed by atoms with E-state index in [0.717, 1.165) is 0 Å². The molecule has 1 amide bonds. The summed E-state index contributed by atoms with van der Waals surface area (Å²) < 4.78 is 4.48. The van der Waals surface area contributed by atoms with E-state index in [1.54, 1.807) is 6.92 Å². The summed E-state index contributed by atoms with van der Waals surface area (Å²) in [6.45, 7) is 2.35. The summed E-state index contributed by atoms with van der Waals surface area (Å²) in [7, 11) is 1.32. The third-order valence-electron chi connectivity index (χ3n) is 1.90. The van der Waals surface area contributed by atoms with Crippen molar-refractivity contribution >= 4 is 11.9 Å².